The van der Waals surface area contributed by atoms with Gasteiger partial charge in [-0.3, -0.25) is 0 Å². The first-order valence-electron chi connectivity index (χ1n) is 4.88. The Morgan fingerprint density at radius 3 is 2.71 bits per heavy atom. The average molecular weight is 258 g/mol. The molecule has 0 atom stereocenters. The van der Waals surface area contributed by atoms with Gasteiger partial charge in [0.2, 0.25) is 0 Å². The molecule has 0 spiro atoms. The van der Waals surface area contributed by atoms with E-state index in [1.54, 1.807) is 11.9 Å². The summed E-state index contributed by atoms with van der Waals surface area (Å²) in [7, 11) is -1.37. The van der Waals surface area contributed by atoms with Crippen LogP contribution in [0.1, 0.15) is 10.4 Å². The number of carboxylic acid groups (broad SMARTS) is 1. The SMILES string of the molecule is CN(CCS(C)(=O)=O)c1cc(C(=O)O)ccn1. The van der Waals surface area contributed by atoms with Gasteiger partial charge in [0.15, 0.2) is 0 Å². The topological polar surface area (TPSA) is 87.6 Å². The largest absolute Gasteiger partial charge is 0.478 e. The summed E-state index contributed by atoms with van der Waals surface area (Å²) in [5, 5.41) is 8.81. The number of aromatic carboxylic acids is 1. The Morgan fingerprint density at radius 1 is 1.53 bits per heavy atom. The molecule has 1 heterocycles. The van der Waals surface area contributed by atoms with Crippen molar-refractivity contribution in [1.82, 2.24) is 4.98 Å². The number of carbonyl (C=O) groups is 1. The van der Waals surface area contributed by atoms with Crippen molar-refractivity contribution in [3.63, 3.8) is 0 Å². The molecule has 0 radical (unpaired) electrons. The Labute approximate surface area is 99.8 Å². The Kier molecular flexibility index (Phi) is 4.06. The summed E-state index contributed by atoms with van der Waals surface area (Å²) < 4.78 is 22.0. The van der Waals surface area contributed by atoms with Crippen molar-refractivity contribution in [1.29, 1.82) is 0 Å². The number of hydrogen-bond donors (Lipinski definition) is 1. The highest BCUT2D eigenvalue weighted by Crippen LogP contribution is 2.11. The van der Waals surface area contributed by atoms with Gasteiger partial charge >= 0.3 is 5.97 Å². The second kappa shape index (κ2) is 5.13. The lowest BCUT2D eigenvalue weighted by atomic mass is 10.2. The molecule has 0 saturated carbocycles. The molecule has 1 N–H and O–H groups in total. The molecule has 0 unspecified atom stereocenters. The maximum absolute atomic E-state index is 11.0. The van der Waals surface area contributed by atoms with Gasteiger partial charge < -0.3 is 10.0 Å². The molecule has 17 heavy (non-hydrogen) atoms. The minimum Gasteiger partial charge on any atom is -0.478 e. The van der Waals surface area contributed by atoms with Gasteiger partial charge in [-0.2, -0.15) is 0 Å². The number of sulfone groups is 1. The summed E-state index contributed by atoms with van der Waals surface area (Å²) in [6, 6.07) is 2.79. The van der Waals surface area contributed by atoms with E-state index in [4.69, 9.17) is 5.11 Å². The second-order valence-electron chi connectivity index (χ2n) is 3.76. The van der Waals surface area contributed by atoms with Gasteiger partial charge in [0, 0.05) is 26.0 Å². The Morgan fingerprint density at radius 2 is 2.18 bits per heavy atom. The monoisotopic (exact) mass is 258 g/mol. The molecule has 1 aromatic rings. The Balaban J connectivity index is 2.79. The number of pyridine rings is 1. The maximum atomic E-state index is 11.0. The first-order chi connectivity index (χ1) is 7.79. The van der Waals surface area contributed by atoms with Crippen LogP contribution in [0.4, 0.5) is 5.82 Å². The van der Waals surface area contributed by atoms with Crippen LogP contribution in [-0.2, 0) is 9.84 Å². The van der Waals surface area contributed by atoms with Gasteiger partial charge in [-0.15, -0.1) is 0 Å². The highest BCUT2D eigenvalue weighted by molar-refractivity contribution is 7.90. The van der Waals surface area contributed by atoms with E-state index in [0.29, 0.717) is 5.82 Å². The molecule has 6 nitrogen and oxygen atoms in total. The van der Waals surface area contributed by atoms with Crippen LogP contribution in [-0.4, -0.2) is 50.1 Å². The molecule has 94 valence electrons. The zero-order valence-corrected chi connectivity index (χ0v) is 10.4. The van der Waals surface area contributed by atoms with Crippen molar-refractivity contribution in [3.05, 3.63) is 23.9 Å². The third-order valence-corrected chi connectivity index (χ3v) is 3.11. The number of nitrogens with zero attached hydrogens (tertiary/aromatic N) is 2. The lowest BCUT2D eigenvalue weighted by molar-refractivity contribution is 0.0697. The summed E-state index contributed by atoms with van der Waals surface area (Å²) in [6.45, 7) is 0.273. The van der Waals surface area contributed by atoms with Gasteiger partial charge in [0.1, 0.15) is 15.7 Å². The normalized spacial score (nSPS) is 11.2. The van der Waals surface area contributed by atoms with E-state index in [0.717, 1.165) is 6.26 Å². The minimum atomic E-state index is -3.04. The Bertz CT molecular complexity index is 513. The summed E-state index contributed by atoms with van der Waals surface area (Å²) in [5.41, 5.74) is 0.126. The fourth-order valence-electron chi connectivity index (χ4n) is 1.18. The van der Waals surface area contributed by atoms with Gasteiger partial charge in [-0.25, -0.2) is 18.2 Å². The van der Waals surface area contributed by atoms with Crippen LogP contribution in [0, 0.1) is 0 Å². The van der Waals surface area contributed by atoms with Crippen LogP contribution in [0.5, 0.6) is 0 Å². The quantitative estimate of drug-likeness (QED) is 0.815. The summed E-state index contributed by atoms with van der Waals surface area (Å²) in [5.74, 6) is -0.596. The lowest BCUT2D eigenvalue weighted by Gasteiger charge is -2.17. The number of hydrogen-bond acceptors (Lipinski definition) is 5. The van der Waals surface area contributed by atoms with Gasteiger partial charge in [0.25, 0.3) is 0 Å². The average Bonchev–Trinajstić information content (AvgIpc) is 2.25. The second-order valence-corrected chi connectivity index (χ2v) is 6.02. The zero-order valence-electron chi connectivity index (χ0n) is 9.62. The molecular formula is C10H14N2O4S. The van der Waals surface area contributed by atoms with E-state index < -0.39 is 15.8 Å². The number of rotatable bonds is 5. The van der Waals surface area contributed by atoms with E-state index in [9.17, 15) is 13.2 Å². The third-order valence-electron chi connectivity index (χ3n) is 2.18. The zero-order chi connectivity index (χ0) is 13.1. The number of carboxylic acids is 1. The summed E-state index contributed by atoms with van der Waals surface area (Å²) in [4.78, 5) is 16.3. The predicted octanol–water partition coefficient (Wildman–Crippen LogP) is 0.261. The first-order valence-corrected chi connectivity index (χ1v) is 6.94. The number of aromatic nitrogens is 1. The molecule has 1 aromatic heterocycles. The molecule has 0 aliphatic rings. The van der Waals surface area contributed by atoms with E-state index >= 15 is 0 Å². The van der Waals surface area contributed by atoms with Crippen LogP contribution in [0.3, 0.4) is 0 Å². The molecule has 0 aromatic carbocycles. The van der Waals surface area contributed by atoms with Crippen LogP contribution < -0.4 is 4.90 Å². The minimum absolute atomic E-state index is 0.00246. The van der Waals surface area contributed by atoms with Crippen LogP contribution in [0.15, 0.2) is 18.3 Å². The van der Waals surface area contributed by atoms with Crippen molar-refractivity contribution >= 4 is 21.6 Å². The molecule has 7 heteroatoms. The van der Waals surface area contributed by atoms with Crippen molar-refractivity contribution in [2.24, 2.45) is 0 Å². The van der Waals surface area contributed by atoms with Crippen molar-refractivity contribution in [3.8, 4) is 0 Å². The van der Waals surface area contributed by atoms with E-state index in [2.05, 4.69) is 4.98 Å². The van der Waals surface area contributed by atoms with Crippen molar-refractivity contribution < 1.29 is 18.3 Å². The van der Waals surface area contributed by atoms with Gasteiger partial charge in [-0.05, 0) is 12.1 Å². The lowest BCUT2D eigenvalue weighted by Crippen LogP contribution is -2.25. The van der Waals surface area contributed by atoms with Crippen LogP contribution in [0.25, 0.3) is 0 Å². The first kappa shape index (κ1) is 13.4. The number of anilines is 1. The molecule has 1 rings (SSSR count). The molecule has 0 fully saturated rings. The smallest absolute Gasteiger partial charge is 0.335 e. The highest BCUT2D eigenvalue weighted by Gasteiger charge is 2.10. The Hall–Kier alpha value is -1.63. The van der Waals surface area contributed by atoms with E-state index in [-0.39, 0.29) is 17.9 Å². The predicted molar refractivity (Wildman–Crippen MR) is 64.2 cm³/mol. The standard InChI is InChI=1S/C10H14N2O4S/c1-12(5-6-17(2,15)16)9-7-8(10(13)14)3-4-11-9/h3-4,7H,5-6H2,1-2H3,(H,13,14). The highest BCUT2D eigenvalue weighted by atomic mass is 32.2. The van der Waals surface area contributed by atoms with Gasteiger partial charge in [0.05, 0.1) is 11.3 Å². The molecule has 0 aliphatic heterocycles. The summed E-state index contributed by atoms with van der Waals surface area (Å²) >= 11 is 0. The summed E-state index contributed by atoms with van der Waals surface area (Å²) in [6.07, 6.45) is 2.54. The van der Waals surface area contributed by atoms with E-state index in [1.807, 2.05) is 0 Å². The fraction of sp³-hybridized carbons (Fsp3) is 0.400. The maximum Gasteiger partial charge on any atom is 0.335 e. The van der Waals surface area contributed by atoms with Crippen LogP contribution >= 0.6 is 0 Å². The van der Waals surface area contributed by atoms with Gasteiger partial charge in [-0.1, -0.05) is 0 Å². The van der Waals surface area contributed by atoms with Crippen LogP contribution in [0.2, 0.25) is 0 Å². The third kappa shape index (κ3) is 4.39. The fourth-order valence-corrected chi connectivity index (χ4v) is 1.78. The molecular weight excluding hydrogens is 244 g/mol. The molecule has 0 aliphatic carbocycles. The molecule has 0 bridgehead atoms. The van der Waals surface area contributed by atoms with E-state index in [1.165, 1.54) is 18.3 Å². The van der Waals surface area contributed by atoms with Crippen molar-refractivity contribution in [2.45, 2.75) is 0 Å². The molecule has 0 saturated heterocycles. The molecule has 0 amide bonds. The van der Waals surface area contributed by atoms with Crippen molar-refractivity contribution in [2.75, 3.05) is 30.5 Å².